The zero-order chi connectivity index (χ0) is 14.9. The van der Waals surface area contributed by atoms with Gasteiger partial charge in [-0.05, 0) is 43.9 Å². The molecule has 2 aromatic rings. The van der Waals surface area contributed by atoms with Gasteiger partial charge in [0.05, 0.1) is 11.0 Å². The van der Waals surface area contributed by atoms with Crippen LogP contribution in [-0.4, -0.2) is 22.6 Å². The van der Waals surface area contributed by atoms with Gasteiger partial charge in [0.15, 0.2) is 0 Å². The normalized spacial score (nSPS) is 19.2. The number of nitrogens with one attached hydrogen (secondary N) is 1. The molecule has 0 saturated heterocycles. The van der Waals surface area contributed by atoms with Crippen molar-refractivity contribution in [1.82, 2.24) is 14.9 Å². The van der Waals surface area contributed by atoms with Crippen molar-refractivity contribution in [2.24, 2.45) is 12.5 Å². The minimum atomic E-state index is 0.465. The summed E-state index contributed by atoms with van der Waals surface area (Å²) < 4.78 is 2.26. The maximum atomic E-state index is 4.86. The Hall–Kier alpha value is -1.35. The Morgan fingerprint density at radius 1 is 1.29 bits per heavy atom. The van der Waals surface area contributed by atoms with E-state index in [0.29, 0.717) is 11.5 Å². The Balaban J connectivity index is 1.90. The zero-order valence-electron chi connectivity index (χ0n) is 13.5. The van der Waals surface area contributed by atoms with Crippen molar-refractivity contribution in [3.8, 4) is 0 Å². The van der Waals surface area contributed by atoms with Crippen LogP contribution in [0.25, 0.3) is 11.0 Å². The number of hydrogen-bond acceptors (Lipinski definition) is 2. The molecule has 0 bridgehead atoms. The first kappa shape index (κ1) is 14.6. The van der Waals surface area contributed by atoms with Gasteiger partial charge in [0, 0.05) is 19.5 Å². The van der Waals surface area contributed by atoms with Crippen LogP contribution in [0.4, 0.5) is 0 Å². The molecule has 3 rings (SSSR count). The first-order valence-electron chi connectivity index (χ1n) is 8.28. The highest BCUT2D eigenvalue weighted by Gasteiger charge is 2.39. The van der Waals surface area contributed by atoms with Crippen molar-refractivity contribution in [1.29, 1.82) is 0 Å². The highest BCUT2D eigenvalue weighted by Crippen LogP contribution is 2.44. The lowest BCUT2D eigenvalue weighted by Gasteiger charge is -2.36. The molecule has 3 heteroatoms. The van der Waals surface area contributed by atoms with Crippen LogP contribution in [0.2, 0.25) is 0 Å². The van der Waals surface area contributed by atoms with Crippen LogP contribution in [0.15, 0.2) is 24.3 Å². The van der Waals surface area contributed by atoms with Crippen LogP contribution in [0.1, 0.15) is 44.9 Å². The summed E-state index contributed by atoms with van der Waals surface area (Å²) in [5, 5.41) is 3.60. The van der Waals surface area contributed by atoms with Crippen molar-refractivity contribution < 1.29 is 0 Å². The second kappa shape index (κ2) is 5.80. The van der Waals surface area contributed by atoms with Gasteiger partial charge in [-0.2, -0.15) is 0 Å². The highest BCUT2D eigenvalue weighted by molar-refractivity contribution is 5.75. The number of rotatable bonds is 5. The maximum Gasteiger partial charge on any atom is 0.111 e. The monoisotopic (exact) mass is 285 g/mol. The Morgan fingerprint density at radius 2 is 2.00 bits per heavy atom. The van der Waals surface area contributed by atoms with Gasteiger partial charge in [-0.25, -0.2) is 4.98 Å². The van der Waals surface area contributed by atoms with Crippen LogP contribution < -0.4 is 5.32 Å². The standard InChI is InChI=1S/C18H27N3/c1-4-18(11-7-8-12-18)16(19-2)13-17-20-14-9-5-6-10-15(14)21(17)3/h5-6,9-10,16,19H,4,7-8,11-13H2,1-3H3. The van der Waals surface area contributed by atoms with Crippen LogP contribution in [0.5, 0.6) is 0 Å². The second-order valence-electron chi connectivity index (χ2n) is 6.54. The molecule has 0 amide bonds. The fraction of sp³-hybridized carbons (Fsp3) is 0.611. The fourth-order valence-corrected chi connectivity index (χ4v) is 4.21. The Bertz CT molecular complexity index is 608. The van der Waals surface area contributed by atoms with E-state index >= 15 is 0 Å². The summed E-state index contributed by atoms with van der Waals surface area (Å²) in [5.41, 5.74) is 2.81. The third-order valence-corrected chi connectivity index (χ3v) is 5.66. The molecule has 0 aliphatic heterocycles. The summed E-state index contributed by atoms with van der Waals surface area (Å²) in [6.07, 6.45) is 7.78. The molecule has 1 saturated carbocycles. The van der Waals surface area contributed by atoms with Crippen molar-refractivity contribution in [2.45, 2.75) is 51.5 Å². The number of imidazole rings is 1. The van der Waals surface area contributed by atoms with Crippen LogP contribution in [-0.2, 0) is 13.5 Å². The van der Waals surface area contributed by atoms with E-state index in [1.54, 1.807) is 0 Å². The van der Waals surface area contributed by atoms with Crippen LogP contribution in [0, 0.1) is 5.41 Å². The first-order chi connectivity index (χ1) is 10.2. The molecule has 1 unspecified atom stereocenters. The minimum Gasteiger partial charge on any atom is -0.331 e. The quantitative estimate of drug-likeness (QED) is 0.908. The topological polar surface area (TPSA) is 29.9 Å². The van der Waals surface area contributed by atoms with Crippen molar-refractivity contribution >= 4 is 11.0 Å². The van der Waals surface area contributed by atoms with Gasteiger partial charge in [-0.3, -0.25) is 0 Å². The molecule has 3 nitrogen and oxygen atoms in total. The Labute approximate surface area is 127 Å². The van der Waals surface area contributed by atoms with E-state index in [-0.39, 0.29) is 0 Å². The summed E-state index contributed by atoms with van der Waals surface area (Å²) in [6, 6.07) is 8.96. The van der Waals surface area contributed by atoms with E-state index in [4.69, 9.17) is 4.98 Å². The van der Waals surface area contributed by atoms with E-state index in [1.807, 2.05) is 0 Å². The summed E-state index contributed by atoms with van der Waals surface area (Å²) in [5.74, 6) is 1.20. The number of fused-ring (bicyclic) bond motifs is 1. The molecule has 1 atom stereocenters. The fourth-order valence-electron chi connectivity index (χ4n) is 4.21. The number of nitrogens with zero attached hydrogens (tertiary/aromatic N) is 2. The molecule has 1 aromatic carbocycles. The predicted octanol–water partition coefficient (Wildman–Crippen LogP) is 3.67. The lowest BCUT2D eigenvalue weighted by atomic mass is 9.75. The Kier molecular flexibility index (Phi) is 4.03. The number of aromatic nitrogens is 2. The number of aryl methyl sites for hydroxylation is 1. The average Bonchev–Trinajstić information content (AvgIpc) is 3.11. The molecule has 0 spiro atoms. The van der Waals surface area contributed by atoms with Crippen LogP contribution in [0.3, 0.4) is 0 Å². The van der Waals surface area contributed by atoms with Crippen molar-refractivity contribution in [3.05, 3.63) is 30.1 Å². The van der Waals surface area contributed by atoms with E-state index < -0.39 is 0 Å². The number of hydrogen-bond donors (Lipinski definition) is 1. The number of benzene rings is 1. The minimum absolute atomic E-state index is 0.465. The van der Waals surface area contributed by atoms with Gasteiger partial charge in [0.1, 0.15) is 5.82 Å². The molecule has 1 heterocycles. The van der Waals surface area contributed by atoms with E-state index in [1.165, 1.54) is 43.4 Å². The lowest BCUT2D eigenvalue weighted by Crippen LogP contribution is -2.44. The third-order valence-electron chi connectivity index (χ3n) is 5.66. The van der Waals surface area contributed by atoms with Gasteiger partial charge in [0.25, 0.3) is 0 Å². The molecule has 0 radical (unpaired) electrons. The molecule has 1 aliphatic carbocycles. The molecule has 21 heavy (non-hydrogen) atoms. The van der Waals surface area contributed by atoms with Crippen LogP contribution >= 0.6 is 0 Å². The van der Waals surface area contributed by atoms with Crippen molar-refractivity contribution in [2.75, 3.05) is 7.05 Å². The maximum absolute atomic E-state index is 4.86. The van der Waals surface area contributed by atoms with E-state index in [0.717, 1.165) is 11.9 Å². The first-order valence-corrected chi connectivity index (χ1v) is 8.28. The SMILES string of the molecule is CCC1(C(Cc2nc3ccccc3n2C)NC)CCCC1. The Morgan fingerprint density at radius 3 is 2.62 bits per heavy atom. The van der Waals surface area contributed by atoms with Gasteiger partial charge >= 0.3 is 0 Å². The predicted molar refractivity (Wildman–Crippen MR) is 88.5 cm³/mol. The molecule has 1 N–H and O–H groups in total. The molecular weight excluding hydrogens is 258 g/mol. The van der Waals surface area contributed by atoms with E-state index in [2.05, 4.69) is 55.2 Å². The van der Waals surface area contributed by atoms with E-state index in [9.17, 15) is 0 Å². The second-order valence-corrected chi connectivity index (χ2v) is 6.54. The third kappa shape index (κ3) is 2.48. The smallest absolute Gasteiger partial charge is 0.111 e. The summed E-state index contributed by atoms with van der Waals surface area (Å²) in [6.45, 7) is 2.35. The highest BCUT2D eigenvalue weighted by atomic mass is 15.1. The molecule has 1 aliphatic rings. The molecular formula is C18H27N3. The van der Waals surface area contributed by atoms with Gasteiger partial charge in [-0.15, -0.1) is 0 Å². The largest absolute Gasteiger partial charge is 0.331 e. The number of likely N-dealkylation sites (N-methyl/N-ethyl adjacent to an activating group) is 1. The lowest BCUT2D eigenvalue weighted by molar-refractivity contribution is 0.190. The zero-order valence-corrected chi connectivity index (χ0v) is 13.5. The summed E-state index contributed by atoms with van der Waals surface area (Å²) in [4.78, 5) is 4.86. The molecule has 114 valence electrons. The molecule has 1 aromatic heterocycles. The summed E-state index contributed by atoms with van der Waals surface area (Å²) in [7, 11) is 4.26. The summed E-state index contributed by atoms with van der Waals surface area (Å²) >= 11 is 0. The van der Waals surface area contributed by atoms with Gasteiger partial charge in [0.2, 0.25) is 0 Å². The van der Waals surface area contributed by atoms with Gasteiger partial charge in [-0.1, -0.05) is 31.9 Å². The average molecular weight is 285 g/mol. The van der Waals surface area contributed by atoms with Crippen molar-refractivity contribution in [3.63, 3.8) is 0 Å². The van der Waals surface area contributed by atoms with Gasteiger partial charge < -0.3 is 9.88 Å². The number of para-hydroxylation sites is 2. The molecule has 1 fully saturated rings.